The van der Waals surface area contributed by atoms with Crippen LogP contribution in [0.1, 0.15) is 31.8 Å². The fraction of sp³-hybridized carbons (Fsp3) is 0.538. The number of nitro groups is 1. The van der Waals surface area contributed by atoms with Crippen molar-refractivity contribution in [3.8, 4) is 0 Å². The van der Waals surface area contributed by atoms with Crippen LogP contribution in [0.15, 0.2) is 18.2 Å². The van der Waals surface area contributed by atoms with E-state index < -0.39 is 11.3 Å². The second-order valence-corrected chi connectivity index (χ2v) is 6.77. The molecule has 1 N–H and O–H groups in total. The van der Waals surface area contributed by atoms with Crippen molar-refractivity contribution in [2.45, 2.75) is 30.9 Å². The number of hydrogen-bond donors (Lipinski definition) is 1. The Balaban J connectivity index is 2.16. The molecule has 1 fully saturated rings. The Morgan fingerprint density at radius 1 is 1.55 bits per heavy atom. The van der Waals surface area contributed by atoms with Crippen molar-refractivity contribution in [3.05, 3.63) is 33.9 Å². The zero-order valence-electron chi connectivity index (χ0n) is 11.1. The quantitative estimate of drug-likeness (QED) is 0.653. The maximum Gasteiger partial charge on any atom is 0.270 e. The highest BCUT2D eigenvalue weighted by Gasteiger charge is 2.29. The SMILES string of the molecule is CC1(CNc2ccc([N+](=O)[O-])cc2C(F)F)CCCS1. The molecular formula is C13H16F2N2O2S. The molecule has 0 spiro atoms. The Labute approximate surface area is 120 Å². The molecule has 0 amide bonds. The number of benzene rings is 1. The average Bonchev–Trinajstić information content (AvgIpc) is 2.83. The zero-order chi connectivity index (χ0) is 14.8. The van der Waals surface area contributed by atoms with Crippen LogP contribution in [0, 0.1) is 10.1 Å². The van der Waals surface area contributed by atoms with Crippen molar-refractivity contribution in [1.82, 2.24) is 0 Å². The van der Waals surface area contributed by atoms with Crippen molar-refractivity contribution < 1.29 is 13.7 Å². The van der Waals surface area contributed by atoms with Crippen molar-refractivity contribution in [3.63, 3.8) is 0 Å². The molecule has 7 heteroatoms. The number of non-ortho nitro benzene ring substituents is 1. The van der Waals surface area contributed by atoms with E-state index in [0.717, 1.165) is 24.7 Å². The largest absolute Gasteiger partial charge is 0.383 e. The molecule has 1 heterocycles. The lowest BCUT2D eigenvalue weighted by Crippen LogP contribution is -2.27. The number of thioether (sulfide) groups is 1. The lowest BCUT2D eigenvalue weighted by molar-refractivity contribution is -0.385. The van der Waals surface area contributed by atoms with E-state index in [9.17, 15) is 18.9 Å². The number of nitrogens with zero attached hydrogens (tertiary/aromatic N) is 1. The summed E-state index contributed by atoms with van der Waals surface area (Å²) >= 11 is 1.83. The van der Waals surface area contributed by atoms with Gasteiger partial charge in [0.15, 0.2) is 0 Å². The molecule has 0 bridgehead atoms. The van der Waals surface area contributed by atoms with E-state index in [4.69, 9.17) is 0 Å². The molecule has 1 saturated heterocycles. The molecule has 4 nitrogen and oxygen atoms in total. The van der Waals surface area contributed by atoms with E-state index in [1.807, 2.05) is 11.8 Å². The smallest absolute Gasteiger partial charge is 0.270 e. The van der Waals surface area contributed by atoms with Crippen LogP contribution >= 0.6 is 11.8 Å². The van der Waals surface area contributed by atoms with Crippen molar-refractivity contribution in [2.24, 2.45) is 0 Å². The van der Waals surface area contributed by atoms with E-state index in [1.165, 1.54) is 12.1 Å². The number of anilines is 1. The summed E-state index contributed by atoms with van der Waals surface area (Å²) in [6.07, 6.45) is -0.562. The van der Waals surface area contributed by atoms with Crippen molar-refractivity contribution in [2.75, 3.05) is 17.6 Å². The molecule has 0 saturated carbocycles. The zero-order valence-corrected chi connectivity index (χ0v) is 11.9. The van der Waals surface area contributed by atoms with Crippen LogP contribution in [-0.4, -0.2) is 22.0 Å². The first-order chi connectivity index (χ1) is 9.41. The number of halogens is 2. The predicted octanol–water partition coefficient (Wildman–Crippen LogP) is 4.23. The number of nitrogens with one attached hydrogen (secondary N) is 1. The van der Waals surface area contributed by atoms with Crippen LogP contribution in [-0.2, 0) is 0 Å². The summed E-state index contributed by atoms with van der Waals surface area (Å²) in [4.78, 5) is 9.98. The molecule has 1 aromatic carbocycles. The number of rotatable bonds is 5. The third-order valence-electron chi connectivity index (χ3n) is 3.43. The van der Waals surface area contributed by atoms with Crippen LogP contribution < -0.4 is 5.32 Å². The molecule has 0 aromatic heterocycles. The van der Waals surface area contributed by atoms with Gasteiger partial charge in [-0.1, -0.05) is 0 Å². The van der Waals surface area contributed by atoms with Crippen LogP contribution in [0.5, 0.6) is 0 Å². The summed E-state index contributed by atoms with van der Waals surface area (Å²) in [6.45, 7) is 2.68. The molecule has 110 valence electrons. The normalized spacial score (nSPS) is 22.2. The average molecular weight is 302 g/mol. The first kappa shape index (κ1) is 15.0. The second-order valence-electron chi connectivity index (χ2n) is 5.08. The Hall–Kier alpha value is -1.37. The van der Waals surface area contributed by atoms with Gasteiger partial charge in [0.25, 0.3) is 12.1 Å². The lowest BCUT2D eigenvalue weighted by atomic mass is 10.1. The standard InChI is InChI=1S/C13H16F2N2O2S/c1-13(5-2-6-20-13)8-16-11-4-3-9(17(18)19)7-10(11)12(14)15/h3-4,7,12,16H,2,5-6,8H2,1H3. The maximum absolute atomic E-state index is 13.0. The summed E-state index contributed by atoms with van der Waals surface area (Å²) in [5.74, 6) is 1.08. The molecule has 0 aliphatic carbocycles. The Morgan fingerprint density at radius 2 is 2.30 bits per heavy atom. The molecule has 1 atom stereocenters. The summed E-state index contributed by atoms with van der Waals surface area (Å²) in [7, 11) is 0. The van der Waals surface area contributed by atoms with Crippen molar-refractivity contribution >= 4 is 23.1 Å². The van der Waals surface area contributed by atoms with Gasteiger partial charge in [-0.25, -0.2) is 8.78 Å². The third kappa shape index (κ3) is 3.39. The number of hydrogen-bond acceptors (Lipinski definition) is 4. The molecule has 1 unspecified atom stereocenters. The fourth-order valence-corrected chi connectivity index (χ4v) is 3.51. The molecule has 20 heavy (non-hydrogen) atoms. The Bertz CT molecular complexity index is 505. The maximum atomic E-state index is 13.0. The minimum absolute atomic E-state index is 0.0428. The third-order valence-corrected chi connectivity index (χ3v) is 4.97. The molecule has 0 radical (unpaired) electrons. The first-order valence-electron chi connectivity index (χ1n) is 6.36. The van der Waals surface area contributed by atoms with Gasteiger partial charge in [-0.15, -0.1) is 0 Å². The Morgan fingerprint density at radius 3 is 2.85 bits per heavy atom. The highest BCUT2D eigenvalue weighted by Crippen LogP contribution is 2.38. The first-order valence-corrected chi connectivity index (χ1v) is 7.34. The minimum Gasteiger partial charge on any atom is -0.383 e. The second kappa shape index (κ2) is 5.95. The summed E-state index contributed by atoms with van der Waals surface area (Å²) in [5.41, 5.74) is -0.350. The van der Waals surface area contributed by atoms with Gasteiger partial charge < -0.3 is 5.32 Å². The highest BCUT2D eigenvalue weighted by molar-refractivity contribution is 8.00. The number of alkyl halides is 2. The molecule has 1 aliphatic heterocycles. The van der Waals surface area contributed by atoms with E-state index in [1.54, 1.807) is 0 Å². The van der Waals surface area contributed by atoms with Gasteiger partial charge in [0.1, 0.15) is 0 Å². The van der Waals surface area contributed by atoms with E-state index >= 15 is 0 Å². The lowest BCUT2D eigenvalue weighted by Gasteiger charge is -2.24. The van der Waals surface area contributed by atoms with Crippen LogP contribution in [0.4, 0.5) is 20.2 Å². The Kier molecular flexibility index (Phi) is 4.47. The van der Waals surface area contributed by atoms with E-state index in [2.05, 4.69) is 12.2 Å². The van der Waals surface area contributed by atoms with Gasteiger partial charge >= 0.3 is 0 Å². The van der Waals surface area contributed by atoms with Gasteiger partial charge in [0.2, 0.25) is 0 Å². The topological polar surface area (TPSA) is 55.2 Å². The van der Waals surface area contributed by atoms with Gasteiger partial charge in [-0.3, -0.25) is 10.1 Å². The minimum atomic E-state index is -2.73. The van der Waals surface area contributed by atoms with E-state index in [-0.39, 0.29) is 21.7 Å². The predicted molar refractivity (Wildman–Crippen MR) is 76.6 cm³/mol. The fourth-order valence-electron chi connectivity index (χ4n) is 2.26. The van der Waals surface area contributed by atoms with E-state index in [0.29, 0.717) is 6.54 Å². The molecule has 2 rings (SSSR count). The summed E-state index contributed by atoms with van der Waals surface area (Å²) < 4.78 is 26.0. The van der Waals surface area contributed by atoms with Crippen molar-refractivity contribution in [1.29, 1.82) is 0 Å². The molecular weight excluding hydrogens is 286 g/mol. The summed E-state index contributed by atoms with van der Waals surface area (Å²) in [5, 5.41) is 13.7. The highest BCUT2D eigenvalue weighted by atomic mass is 32.2. The van der Waals surface area contributed by atoms with Gasteiger partial charge in [0, 0.05) is 34.7 Å². The van der Waals surface area contributed by atoms with Gasteiger partial charge in [-0.05, 0) is 31.6 Å². The summed E-state index contributed by atoms with van der Waals surface area (Å²) in [6, 6.07) is 3.55. The van der Waals surface area contributed by atoms with Crippen LogP contribution in [0.2, 0.25) is 0 Å². The molecule has 1 aromatic rings. The molecule has 1 aliphatic rings. The van der Waals surface area contributed by atoms with Gasteiger partial charge in [-0.2, -0.15) is 11.8 Å². The number of nitro benzene ring substituents is 1. The van der Waals surface area contributed by atoms with Crippen LogP contribution in [0.3, 0.4) is 0 Å². The monoisotopic (exact) mass is 302 g/mol. The van der Waals surface area contributed by atoms with Crippen LogP contribution in [0.25, 0.3) is 0 Å². The van der Waals surface area contributed by atoms with Gasteiger partial charge in [0.05, 0.1) is 4.92 Å².